The lowest BCUT2D eigenvalue weighted by atomic mass is 9.76. The average Bonchev–Trinajstić information content (AvgIpc) is 2.95. The van der Waals surface area contributed by atoms with Gasteiger partial charge in [-0.1, -0.05) is 24.6 Å². The SMILES string of the molecule is CCOC(=O)[C@@]1(C(=O)C(N)CC2=CCCNC2)C[C@H](C)CCN1S(=O)(=O)c1ccc2c(c1)CN(C(=O)C(F)(F)F)CC2. The summed E-state index contributed by atoms with van der Waals surface area (Å²) in [5.74, 6) is -3.98. The van der Waals surface area contributed by atoms with Crippen molar-refractivity contribution in [1.29, 1.82) is 0 Å². The maximum absolute atomic E-state index is 14.2. The molecule has 1 saturated heterocycles. The van der Waals surface area contributed by atoms with Gasteiger partial charge in [0, 0.05) is 26.2 Å². The lowest BCUT2D eigenvalue weighted by Crippen LogP contribution is -2.68. The predicted octanol–water partition coefficient (Wildman–Crippen LogP) is 2.06. The molecule has 3 aliphatic heterocycles. The molecule has 4 rings (SSSR count). The largest absolute Gasteiger partial charge is 0.471 e. The molecule has 14 heteroatoms. The number of nitrogens with two attached hydrogens (primary N) is 1. The van der Waals surface area contributed by atoms with Crippen molar-refractivity contribution in [3.05, 3.63) is 41.0 Å². The lowest BCUT2D eigenvalue weighted by molar-refractivity contribution is -0.186. The van der Waals surface area contributed by atoms with Gasteiger partial charge in [0.2, 0.25) is 10.0 Å². The smallest absolute Gasteiger partial charge is 0.464 e. The Morgan fingerprint density at radius 3 is 2.60 bits per heavy atom. The summed E-state index contributed by atoms with van der Waals surface area (Å²) >= 11 is 0. The van der Waals surface area contributed by atoms with Gasteiger partial charge >= 0.3 is 18.1 Å². The molecule has 1 aromatic rings. The highest BCUT2D eigenvalue weighted by Crippen LogP contribution is 2.40. The first-order chi connectivity index (χ1) is 19.7. The summed E-state index contributed by atoms with van der Waals surface area (Å²) < 4.78 is 73.9. The summed E-state index contributed by atoms with van der Waals surface area (Å²) in [7, 11) is -4.56. The van der Waals surface area contributed by atoms with Gasteiger partial charge in [-0.05, 0) is 74.8 Å². The number of Topliss-reactive ketones (excluding diaryl/α,β-unsaturated/α-hetero) is 1. The fraction of sp³-hybridized carbons (Fsp3) is 0.607. The van der Waals surface area contributed by atoms with E-state index in [4.69, 9.17) is 10.5 Å². The zero-order chi connectivity index (χ0) is 30.9. The number of benzene rings is 1. The molecule has 3 atom stereocenters. The number of carbonyl (C=O) groups excluding carboxylic acids is 3. The van der Waals surface area contributed by atoms with Crippen LogP contribution in [-0.4, -0.2) is 85.8 Å². The number of ether oxygens (including phenoxy) is 1. The quantitative estimate of drug-likeness (QED) is 0.258. The Morgan fingerprint density at radius 2 is 1.95 bits per heavy atom. The molecule has 0 saturated carbocycles. The molecule has 0 aromatic heterocycles. The van der Waals surface area contributed by atoms with E-state index in [0.717, 1.165) is 22.8 Å². The monoisotopic (exact) mass is 614 g/mol. The van der Waals surface area contributed by atoms with Gasteiger partial charge in [0.15, 0.2) is 11.3 Å². The number of hydrogen-bond donors (Lipinski definition) is 2. The lowest BCUT2D eigenvalue weighted by Gasteiger charge is -2.45. The van der Waals surface area contributed by atoms with Crippen molar-refractivity contribution >= 4 is 27.7 Å². The molecule has 0 spiro atoms. The number of amides is 1. The Bertz CT molecular complexity index is 1370. The zero-order valence-electron chi connectivity index (χ0n) is 23.7. The van der Waals surface area contributed by atoms with Crippen LogP contribution in [0.3, 0.4) is 0 Å². The predicted molar refractivity (Wildman–Crippen MR) is 146 cm³/mol. The van der Waals surface area contributed by atoms with Gasteiger partial charge in [-0.25, -0.2) is 13.2 Å². The third kappa shape index (κ3) is 6.26. The topological polar surface area (TPSA) is 139 Å². The van der Waals surface area contributed by atoms with Crippen molar-refractivity contribution in [3.63, 3.8) is 0 Å². The number of sulfonamides is 1. The van der Waals surface area contributed by atoms with Crippen molar-refractivity contribution in [3.8, 4) is 0 Å². The second kappa shape index (κ2) is 12.4. The van der Waals surface area contributed by atoms with E-state index in [9.17, 15) is 36.0 Å². The third-order valence-electron chi connectivity index (χ3n) is 8.15. The van der Waals surface area contributed by atoms with Crippen LogP contribution in [0, 0.1) is 5.92 Å². The number of carbonyl (C=O) groups is 3. The number of esters is 1. The fourth-order valence-corrected chi connectivity index (χ4v) is 7.81. The number of alkyl halides is 3. The van der Waals surface area contributed by atoms with Gasteiger partial charge in [0.25, 0.3) is 0 Å². The van der Waals surface area contributed by atoms with Crippen LogP contribution in [0.4, 0.5) is 13.2 Å². The normalized spacial score (nSPS) is 24.4. The molecule has 1 fully saturated rings. The van der Waals surface area contributed by atoms with Crippen LogP contribution in [0.5, 0.6) is 0 Å². The number of nitrogens with one attached hydrogen (secondary N) is 1. The Kier molecular flexibility index (Phi) is 9.50. The highest BCUT2D eigenvalue weighted by atomic mass is 32.2. The van der Waals surface area contributed by atoms with E-state index in [1.165, 1.54) is 18.2 Å². The number of hydrogen-bond acceptors (Lipinski definition) is 8. The molecule has 42 heavy (non-hydrogen) atoms. The summed E-state index contributed by atoms with van der Waals surface area (Å²) in [6.07, 6.45) is -1.86. The fourth-order valence-electron chi connectivity index (χ4n) is 6.03. The summed E-state index contributed by atoms with van der Waals surface area (Å²) in [4.78, 5) is 40.0. The molecular weight excluding hydrogens is 577 g/mol. The molecule has 0 bridgehead atoms. The van der Waals surface area contributed by atoms with Crippen molar-refractivity contribution in [2.45, 2.75) is 75.1 Å². The second-order valence-corrected chi connectivity index (χ2v) is 13.0. The summed E-state index contributed by atoms with van der Waals surface area (Å²) in [5.41, 5.74) is 5.89. The van der Waals surface area contributed by atoms with Gasteiger partial charge in [0.05, 0.1) is 17.5 Å². The Hall–Kier alpha value is -2.81. The zero-order valence-corrected chi connectivity index (χ0v) is 24.5. The molecule has 10 nitrogen and oxygen atoms in total. The van der Waals surface area contributed by atoms with Crippen LogP contribution in [0.2, 0.25) is 0 Å². The molecule has 1 unspecified atom stereocenters. The van der Waals surface area contributed by atoms with Crippen LogP contribution in [0.1, 0.15) is 50.7 Å². The van der Waals surface area contributed by atoms with E-state index >= 15 is 0 Å². The van der Waals surface area contributed by atoms with Gasteiger partial charge < -0.3 is 20.7 Å². The highest BCUT2D eigenvalue weighted by Gasteiger charge is 2.60. The highest BCUT2D eigenvalue weighted by molar-refractivity contribution is 7.89. The van der Waals surface area contributed by atoms with Gasteiger partial charge in [0.1, 0.15) is 0 Å². The first-order valence-corrected chi connectivity index (χ1v) is 15.5. The summed E-state index contributed by atoms with van der Waals surface area (Å²) in [5, 5.41) is 3.20. The standard InChI is InChI=1S/C28H37F3N4O6S/c1-3-41-26(38)27(24(36)23(32)13-19-5-4-10-33-16-19)15-18(2)8-12-35(27)42(39,40)22-7-6-20-9-11-34(17-21(20)14-22)25(37)28(29,30)31/h5-7,14,18,23,33H,3-4,8-13,15-17,32H2,1-2H3/t18-,23?,27+/m1/s1. The van der Waals surface area contributed by atoms with Crippen LogP contribution in [0.25, 0.3) is 0 Å². The minimum atomic E-state index is -5.06. The summed E-state index contributed by atoms with van der Waals surface area (Å²) in [6, 6.07) is 2.84. The van der Waals surface area contributed by atoms with Crippen LogP contribution in [-0.2, 0) is 42.1 Å². The maximum atomic E-state index is 14.2. The first kappa shape index (κ1) is 32.1. The molecule has 0 radical (unpaired) electrons. The second-order valence-electron chi connectivity index (χ2n) is 11.2. The molecule has 3 heterocycles. The summed E-state index contributed by atoms with van der Waals surface area (Å²) in [6.45, 7) is 3.83. The van der Waals surface area contributed by atoms with Crippen molar-refractivity contribution in [1.82, 2.24) is 14.5 Å². The van der Waals surface area contributed by atoms with Gasteiger partial charge in [-0.3, -0.25) is 9.59 Å². The molecular formula is C28H37F3N4O6S. The third-order valence-corrected chi connectivity index (χ3v) is 10.1. The number of fused-ring (bicyclic) bond motifs is 1. The maximum Gasteiger partial charge on any atom is 0.471 e. The molecule has 0 aliphatic carbocycles. The van der Waals surface area contributed by atoms with Crippen LogP contribution < -0.4 is 11.1 Å². The molecule has 3 N–H and O–H groups in total. The number of piperidine rings is 1. The molecule has 1 aromatic carbocycles. The van der Waals surface area contributed by atoms with E-state index in [0.29, 0.717) is 23.4 Å². The van der Waals surface area contributed by atoms with Crippen molar-refractivity contribution in [2.75, 3.05) is 32.8 Å². The minimum absolute atomic E-state index is 0.0949. The van der Waals surface area contributed by atoms with E-state index < -0.39 is 52.0 Å². The van der Waals surface area contributed by atoms with E-state index in [2.05, 4.69) is 5.32 Å². The molecule has 3 aliphatic rings. The van der Waals surface area contributed by atoms with Crippen LogP contribution in [0.15, 0.2) is 34.7 Å². The van der Waals surface area contributed by atoms with Gasteiger partial charge in [-0.15, -0.1) is 0 Å². The number of halogens is 3. The van der Waals surface area contributed by atoms with Gasteiger partial charge in [-0.2, -0.15) is 17.5 Å². The average molecular weight is 615 g/mol. The van der Waals surface area contributed by atoms with E-state index in [-0.39, 0.29) is 55.3 Å². The first-order valence-electron chi connectivity index (χ1n) is 14.1. The molecule has 232 valence electrons. The minimum Gasteiger partial charge on any atom is -0.464 e. The van der Waals surface area contributed by atoms with Crippen molar-refractivity contribution < 1.29 is 40.7 Å². The number of ketones is 1. The van der Waals surface area contributed by atoms with Crippen LogP contribution >= 0.6 is 0 Å². The Morgan fingerprint density at radius 1 is 1.21 bits per heavy atom. The van der Waals surface area contributed by atoms with E-state index in [1.807, 2.05) is 13.0 Å². The Labute approximate surface area is 243 Å². The number of nitrogens with zero attached hydrogens (tertiary/aromatic N) is 2. The number of rotatable bonds is 8. The van der Waals surface area contributed by atoms with E-state index in [1.54, 1.807) is 6.92 Å². The van der Waals surface area contributed by atoms with Crippen molar-refractivity contribution in [2.24, 2.45) is 11.7 Å². The molecule has 1 amide bonds. The Balaban J connectivity index is 1.74.